The van der Waals surface area contributed by atoms with Crippen molar-refractivity contribution >= 4 is 23.2 Å². The molecule has 0 fully saturated rings. The zero-order valence-corrected chi connectivity index (χ0v) is 10.3. The zero-order valence-electron chi connectivity index (χ0n) is 9.51. The van der Waals surface area contributed by atoms with Crippen molar-refractivity contribution in [3.63, 3.8) is 0 Å². The number of hydrogen-bond donors (Lipinski definition) is 2. The number of anilines is 1. The highest BCUT2D eigenvalue weighted by Crippen LogP contribution is 2.19. The molecule has 0 aliphatic rings. The number of carbonyl (C=O) groups is 1. The summed E-state index contributed by atoms with van der Waals surface area (Å²) in [5.41, 5.74) is 6.50. The average Bonchev–Trinajstić information content (AvgIpc) is 2.85. The number of halogens is 1. The van der Waals surface area contributed by atoms with Gasteiger partial charge in [-0.1, -0.05) is 16.8 Å². The highest BCUT2D eigenvalue weighted by Gasteiger charge is 2.06. The molecule has 6 nitrogen and oxygen atoms in total. The zero-order chi connectivity index (χ0) is 13.0. The number of hydrogen-bond acceptors (Lipinski definition) is 4. The van der Waals surface area contributed by atoms with Crippen molar-refractivity contribution in [2.75, 3.05) is 12.3 Å². The number of nitrogens with zero attached hydrogens (tertiary/aromatic N) is 3. The van der Waals surface area contributed by atoms with Crippen LogP contribution in [0.2, 0.25) is 5.02 Å². The van der Waals surface area contributed by atoms with E-state index in [9.17, 15) is 4.79 Å². The number of aromatic nitrogens is 3. The Morgan fingerprint density at radius 3 is 3.00 bits per heavy atom. The number of nitrogen functional groups attached to an aromatic ring is 1. The van der Waals surface area contributed by atoms with Crippen LogP contribution >= 0.6 is 11.6 Å². The fraction of sp³-hybridized carbons (Fsp3) is 0.182. The molecule has 0 unspecified atom stereocenters. The highest BCUT2D eigenvalue weighted by atomic mass is 35.5. The molecule has 18 heavy (non-hydrogen) atoms. The van der Waals surface area contributed by atoms with Gasteiger partial charge in [0, 0.05) is 18.3 Å². The summed E-state index contributed by atoms with van der Waals surface area (Å²) >= 11 is 5.78. The second kappa shape index (κ2) is 5.50. The molecule has 0 aliphatic heterocycles. The Balaban J connectivity index is 1.89. The van der Waals surface area contributed by atoms with E-state index < -0.39 is 0 Å². The topological polar surface area (TPSA) is 85.8 Å². The quantitative estimate of drug-likeness (QED) is 0.806. The van der Waals surface area contributed by atoms with Gasteiger partial charge < -0.3 is 11.1 Å². The van der Waals surface area contributed by atoms with Gasteiger partial charge in [-0.05, 0) is 18.2 Å². The molecule has 0 radical (unpaired) electrons. The maximum Gasteiger partial charge on any atom is 0.251 e. The van der Waals surface area contributed by atoms with Crippen molar-refractivity contribution in [3.8, 4) is 0 Å². The van der Waals surface area contributed by atoms with Crippen LogP contribution in [0.15, 0.2) is 30.6 Å². The molecule has 1 heterocycles. The monoisotopic (exact) mass is 265 g/mol. The van der Waals surface area contributed by atoms with Crippen LogP contribution in [-0.4, -0.2) is 27.4 Å². The molecular weight excluding hydrogens is 254 g/mol. The van der Waals surface area contributed by atoms with Gasteiger partial charge in [-0.25, -0.2) is 0 Å². The Bertz CT molecular complexity index is 540. The molecule has 0 atom stereocenters. The van der Waals surface area contributed by atoms with Crippen LogP contribution in [0.5, 0.6) is 0 Å². The first-order valence-electron chi connectivity index (χ1n) is 5.34. The summed E-state index contributed by atoms with van der Waals surface area (Å²) in [5, 5.41) is 10.7. The predicted molar refractivity (Wildman–Crippen MR) is 68.2 cm³/mol. The molecule has 1 aromatic heterocycles. The Labute approximate surface area is 109 Å². The molecule has 2 rings (SSSR count). The van der Waals surface area contributed by atoms with Gasteiger partial charge in [0.1, 0.15) is 0 Å². The molecule has 2 aromatic rings. The Morgan fingerprint density at radius 2 is 2.33 bits per heavy atom. The molecule has 0 saturated carbocycles. The fourth-order valence-corrected chi connectivity index (χ4v) is 1.54. The van der Waals surface area contributed by atoms with Crippen molar-refractivity contribution in [3.05, 3.63) is 41.2 Å². The van der Waals surface area contributed by atoms with E-state index in [-0.39, 0.29) is 5.91 Å². The summed E-state index contributed by atoms with van der Waals surface area (Å²) in [6, 6.07) is 4.78. The first kappa shape index (κ1) is 12.4. The lowest BCUT2D eigenvalue weighted by atomic mass is 10.2. The van der Waals surface area contributed by atoms with Crippen LogP contribution in [0.25, 0.3) is 0 Å². The molecule has 1 aromatic carbocycles. The van der Waals surface area contributed by atoms with Crippen LogP contribution in [0.1, 0.15) is 10.4 Å². The van der Waals surface area contributed by atoms with Gasteiger partial charge in [-0.15, -0.1) is 5.10 Å². The van der Waals surface area contributed by atoms with E-state index >= 15 is 0 Å². The van der Waals surface area contributed by atoms with Gasteiger partial charge in [-0.3, -0.25) is 9.48 Å². The van der Waals surface area contributed by atoms with Gasteiger partial charge in [0.15, 0.2) is 0 Å². The third kappa shape index (κ3) is 2.98. The Hall–Kier alpha value is -2.08. The minimum absolute atomic E-state index is 0.196. The second-order valence-electron chi connectivity index (χ2n) is 3.66. The number of carbonyl (C=O) groups excluding carboxylic acids is 1. The van der Waals surface area contributed by atoms with Crippen LogP contribution in [-0.2, 0) is 6.54 Å². The smallest absolute Gasteiger partial charge is 0.251 e. The third-order valence-corrected chi connectivity index (χ3v) is 2.70. The first-order chi connectivity index (χ1) is 8.66. The van der Waals surface area contributed by atoms with Crippen LogP contribution in [0.3, 0.4) is 0 Å². The third-order valence-electron chi connectivity index (χ3n) is 2.36. The molecule has 0 spiro atoms. The van der Waals surface area contributed by atoms with E-state index in [2.05, 4.69) is 15.6 Å². The van der Waals surface area contributed by atoms with Gasteiger partial charge >= 0.3 is 0 Å². The predicted octanol–water partition coefficient (Wildman–Crippen LogP) is 0.944. The number of amides is 1. The van der Waals surface area contributed by atoms with E-state index in [0.717, 1.165) is 0 Å². The fourth-order valence-electron chi connectivity index (χ4n) is 1.42. The van der Waals surface area contributed by atoms with Gasteiger partial charge in [-0.2, -0.15) is 0 Å². The van der Waals surface area contributed by atoms with Crippen LogP contribution < -0.4 is 11.1 Å². The van der Waals surface area contributed by atoms with Crippen molar-refractivity contribution in [1.29, 1.82) is 0 Å². The molecule has 0 aliphatic carbocycles. The maximum atomic E-state index is 11.8. The number of nitrogens with two attached hydrogens (primary N) is 1. The largest absolute Gasteiger partial charge is 0.398 e. The van der Waals surface area contributed by atoms with Gasteiger partial charge in [0.05, 0.1) is 23.5 Å². The van der Waals surface area contributed by atoms with E-state index in [1.807, 2.05) is 0 Å². The Kier molecular flexibility index (Phi) is 3.78. The number of rotatable bonds is 4. The number of benzene rings is 1. The first-order valence-corrected chi connectivity index (χ1v) is 5.72. The summed E-state index contributed by atoms with van der Waals surface area (Å²) in [5.74, 6) is -0.196. The molecule has 0 bridgehead atoms. The maximum absolute atomic E-state index is 11.8. The molecule has 0 saturated heterocycles. The lowest BCUT2D eigenvalue weighted by Crippen LogP contribution is -2.27. The molecular formula is C11H12ClN5O. The summed E-state index contributed by atoms with van der Waals surface area (Å²) in [4.78, 5) is 11.8. The normalized spacial score (nSPS) is 10.3. The lowest BCUT2D eigenvalue weighted by Gasteiger charge is -2.06. The van der Waals surface area contributed by atoms with Gasteiger partial charge in [0.25, 0.3) is 5.91 Å². The lowest BCUT2D eigenvalue weighted by molar-refractivity contribution is 0.0952. The van der Waals surface area contributed by atoms with Crippen molar-refractivity contribution in [1.82, 2.24) is 20.3 Å². The highest BCUT2D eigenvalue weighted by molar-refractivity contribution is 6.33. The van der Waals surface area contributed by atoms with E-state index in [1.165, 1.54) is 0 Å². The van der Waals surface area contributed by atoms with Crippen molar-refractivity contribution in [2.24, 2.45) is 0 Å². The van der Waals surface area contributed by atoms with E-state index in [4.69, 9.17) is 17.3 Å². The summed E-state index contributed by atoms with van der Waals surface area (Å²) in [7, 11) is 0. The van der Waals surface area contributed by atoms with Crippen LogP contribution in [0.4, 0.5) is 5.69 Å². The average molecular weight is 266 g/mol. The van der Waals surface area contributed by atoms with Crippen LogP contribution in [0, 0.1) is 0 Å². The molecule has 7 heteroatoms. The standard InChI is InChI=1S/C11H12ClN5O/c12-9-2-1-8(7-10(9)13)11(18)14-3-5-17-6-4-15-16-17/h1-2,4,6-7H,3,5,13H2,(H,14,18). The van der Waals surface area contributed by atoms with Crippen molar-refractivity contribution < 1.29 is 4.79 Å². The van der Waals surface area contributed by atoms with Gasteiger partial charge in [0.2, 0.25) is 0 Å². The Morgan fingerprint density at radius 1 is 1.50 bits per heavy atom. The second-order valence-corrected chi connectivity index (χ2v) is 4.07. The molecule has 3 N–H and O–H groups in total. The molecule has 1 amide bonds. The minimum Gasteiger partial charge on any atom is -0.398 e. The van der Waals surface area contributed by atoms with E-state index in [0.29, 0.717) is 29.4 Å². The number of nitrogens with one attached hydrogen (secondary N) is 1. The SMILES string of the molecule is Nc1cc(C(=O)NCCn2ccnn2)ccc1Cl. The van der Waals surface area contributed by atoms with Crippen molar-refractivity contribution in [2.45, 2.75) is 6.54 Å². The van der Waals surface area contributed by atoms with E-state index in [1.54, 1.807) is 35.3 Å². The summed E-state index contributed by atoms with van der Waals surface area (Å²) in [6.45, 7) is 1.03. The minimum atomic E-state index is -0.196. The summed E-state index contributed by atoms with van der Waals surface area (Å²) in [6.07, 6.45) is 3.31. The molecule has 94 valence electrons. The summed E-state index contributed by atoms with van der Waals surface area (Å²) < 4.78 is 1.64.